The van der Waals surface area contributed by atoms with Crippen molar-refractivity contribution in [2.24, 2.45) is 0 Å². The van der Waals surface area contributed by atoms with Gasteiger partial charge < -0.3 is 15.2 Å². The molecule has 0 aliphatic heterocycles. The normalized spacial score (nSPS) is 10.5. The Labute approximate surface area is 122 Å². The van der Waals surface area contributed by atoms with Crippen molar-refractivity contribution >= 4 is 16.9 Å². The molecule has 21 heavy (non-hydrogen) atoms. The molecule has 0 unspecified atom stereocenters. The molecule has 0 radical (unpaired) electrons. The van der Waals surface area contributed by atoms with E-state index in [1.165, 1.54) is 0 Å². The number of aromatic nitrogens is 2. The minimum atomic E-state index is 0.289. The molecule has 2 aromatic carbocycles. The van der Waals surface area contributed by atoms with E-state index in [9.17, 15) is 0 Å². The fraction of sp³-hybridized carbons (Fsp3) is 0.125. The van der Waals surface area contributed by atoms with Crippen molar-refractivity contribution in [2.75, 3.05) is 12.8 Å². The molecule has 0 aliphatic rings. The predicted octanol–water partition coefficient (Wildman–Crippen LogP) is 2.80. The number of methoxy groups -OCH3 is 1. The third-order valence-electron chi connectivity index (χ3n) is 3.07. The highest BCUT2D eigenvalue weighted by atomic mass is 16.5. The van der Waals surface area contributed by atoms with E-state index in [0.717, 1.165) is 22.3 Å². The molecule has 5 nitrogen and oxygen atoms in total. The third-order valence-corrected chi connectivity index (χ3v) is 3.07. The number of para-hydroxylation sites is 2. The standard InChI is InChI=1S/C16H15N3O2/c1-20-12-6-4-5-11(9-12)10-21-16-15(17)18-13-7-2-3-8-14(13)19-16/h2-9H,10H2,1H3,(H2,17,18). The van der Waals surface area contributed by atoms with Gasteiger partial charge in [0.05, 0.1) is 18.1 Å². The highest BCUT2D eigenvalue weighted by Crippen LogP contribution is 2.22. The average Bonchev–Trinajstić information content (AvgIpc) is 2.53. The van der Waals surface area contributed by atoms with Crippen LogP contribution in [0.2, 0.25) is 0 Å². The zero-order valence-corrected chi connectivity index (χ0v) is 11.6. The van der Waals surface area contributed by atoms with Gasteiger partial charge in [0, 0.05) is 0 Å². The van der Waals surface area contributed by atoms with Crippen molar-refractivity contribution in [1.29, 1.82) is 0 Å². The Morgan fingerprint density at radius 1 is 1.00 bits per heavy atom. The molecule has 0 saturated carbocycles. The van der Waals surface area contributed by atoms with Crippen LogP contribution in [-0.2, 0) is 6.61 Å². The first kappa shape index (κ1) is 13.2. The van der Waals surface area contributed by atoms with E-state index >= 15 is 0 Å². The fourth-order valence-corrected chi connectivity index (χ4v) is 2.02. The molecule has 3 aromatic rings. The van der Waals surface area contributed by atoms with Crippen LogP contribution in [0, 0.1) is 0 Å². The summed E-state index contributed by atoms with van der Waals surface area (Å²) in [4.78, 5) is 8.68. The lowest BCUT2D eigenvalue weighted by molar-refractivity contribution is 0.295. The number of rotatable bonds is 4. The first-order valence-electron chi connectivity index (χ1n) is 6.54. The summed E-state index contributed by atoms with van der Waals surface area (Å²) in [6.45, 7) is 0.356. The number of ether oxygens (including phenoxy) is 2. The van der Waals surface area contributed by atoms with Crippen molar-refractivity contribution in [3.05, 3.63) is 54.1 Å². The topological polar surface area (TPSA) is 70.3 Å². The lowest BCUT2D eigenvalue weighted by Gasteiger charge is -2.09. The van der Waals surface area contributed by atoms with Gasteiger partial charge >= 0.3 is 0 Å². The Hall–Kier alpha value is -2.82. The van der Waals surface area contributed by atoms with Crippen LogP contribution in [0.4, 0.5) is 5.82 Å². The number of nitrogen functional groups attached to an aromatic ring is 1. The number of hydrogen-bond acceptors (Lipinski definition) is 5. The van der Waals surface area contributed by atoms with Crippen LogP contribution in [0.3, 0.4) is 0 Å². The molecule has 0 spiro atoms. The molecular weight excluding hydrogens is 266 g/mol. The maximum absolute atomic E-state index is 5.88. The van der Waals surface area contributed by atoms with Crippen molar-refractivity contribution in [3.8, 4) is 11.6 Å². The number of fused-ring (bicyclic) bond motifs is 1. The maximum Gasteiger partial charge on any atom is 0.258 e. The quantitative estimate of drug-likeness (QED) is 0.796. The van der Waals surface area contributed by atoms with Gasteiger partial charge in [-0.25, -0.2) is 9.97 Å². The summed E-state index contributed by atoms with van der Waals surface area (Å²) >= 11 is 0. The minimum absolute atomic E-state index is 0.289. The Morgan fingerprint density at radius 2 is 1.76 bits per heavy atom. The predicted molar refractivity (Wildman–Crippen MR) is 81.3 cm³/mol. The molecule has 2 N–H and O–H groups in total. The molecule has 0 saturated heterocycles. The Balaban J connectivity index is 1.82. The molecule has 0 bridgehead atoms. The number of nitrogens with two attached hydrogens (primary N) is 1. The summed E-state index contributed by atoms with van der Waals surface area (Å²) in [6, 6.07) is 15.2. The van der Waals surface area contributed by atoms with Crippen LogP contribution in [0.15, 0.2) is 48.5 Å². The molecule has 0 amide bonds. The first-order valence-corrected chi connectivity index (χ1v) is 6.54. The van der Waals surface area contributed by atoms with E-state index in [4.69, 9.17) is 15.2 Å². The molecule has 106 valence electrons. The van der Waals surface area contributed by atoms with Gasteiger partial charge in [-0.2, -0.15) is 0 Å². The van der Waals surface area contributed by atoms with Crippen LogP contribution in [0.5, 0.6) is 11.6 Å². The lowest BCUT2D eigenvalue weighted by Crippen LogP contribution is -2.03. The summed E-state index contributed by atoms with van der Waals surface area (Å²) in [5, 5.41) is 0. The zero-order valence-electron chi connectivity index (χ0n) is 11.6. The maximum atomic E-state index is 5.88. The van der Waals surface area contributed by atoms with E-state index in [-0.39, 0.29) is 5.82 Å². The number of hydrogen-bond donors (Lipinski definition) is 1. The van der Waals surface area contributed by atoms with E-state index in [1.807, 2.05) is 48.5 Å². The lowest BCUT2D eigenvalue weighted by atomic mass is 10.2. The monoisotopic (exact) mass is 281 g/mol. The summed E-state index contributed by atoms with van der Waals surface area (Å²) < 4.78 is 10.9. The van der Waals surface area contributed by atoms with Crippen LogP contribution >= 0.6 is 0 Å². The first-order chi connectivity index (χ1) is 10.3. The fourth-order valence-electron chi connectivity index (χ4n) is 2.02. The molecular formula is C16H15N3O2. The van der Waals surface area contributed by atoms with Crippen molar-refractivity contribution in [1.82, 2.24) is 9.97 Å². The van der Waals surface area contributed by atoms with Crippen molar-refractivity contribution < 1.29 is 9.47 Å². The highest BCUT2D eigenvalue weighted by Gasteiger charge is 2.07. The second-order valence-corrected chi connectivity index (χ2v) is 4.54. The summed E-state index contributed by atoms with van der Waals surface area (Å²) in [5.41, 5.74) is 8.37. The second kappa shape index (κ2) is 5.66. The van der Waals surface area contributed by atoms with Gasteiger partial charge in [-0.1, -0.05) is 24.3 Å². The van der Waals surface area contributed by atoms with Crippen molar-refractivity contribution in [2.45, 2.75) is 6.61 Å². The Kier molecular flexibility index (Phi) is 3.55. The number of nitrogens with zero attached hydrogens (tertiary/aromatic N) is 2. The average molecular weight is 281 g/mol. The molecule has 1 heterocycles. The van der Waals surface area contributed by atoms with Gasteiger partial charge in [0.2, 0.25) is 0 Å². The largest absolute Gasteiger partial charge is 0.497 e. The molecule has 0 aliphatic carbocycles. The van der Waals surface area contributed by atoms with Crippen molar-refractivity contribution in [3.63, 3.8) is 0 Å². The molecule has 5 heteroatoms. The number of benzene rings is 2. The number of anilines is 1. The van der Waals surface area contributed by atoms with Gasteiger partial charge in [0.1, 0.15) is 12.4 Å². The summed E-state index contributed by atoms with van der Waals surface area (Å²) in [5.74, 6) is 1.42. The third kappa shape index (κ3) is 2.86. The van der Waals surface area contributed by atoms with Crippen LogP contribution < -0.4 is 15.2 Å². The van der Waals surface area contributed by atoms with Crippen LogP contribution in [-0.4, -0.2) is 17.1 Å². The van der Waals surface area contributed by atoms with E-state index in [2.05, 4.69) is 9.97 Å². The van der Waals surface area contributed by atoms with Gasteiger partial charge in [-0.05, 0) is 29.8 Å². The molecule has 0 atom stereocenters. The zero-order chi connectivity index (χ0) is 14.7. The van der Waals surface area contributed by atoms with Gasteiger partial charge in [-0.3, -0.25) is 0 Å². The van der Waals surface area contributed by atoms with Gasteiger partial charge in [0.15, 0.2) is 5.82 Å². The van der Waals surface area contributed by atoms with E-state index in [1.54, 1.807) is 7.11 Å². The SMILES string of the molecule is COc1cccc(COc2nc3ccccc3nc2N)c1. The van der Waals surface area contributed by atoms with Crippen LogP contribution in [0.1, 0.15) is 5.56 Å². The summed E-state index contributed by atoms with van der Waals surface area (Å²) in [6.07, 6.45) is 0. The highest BCUT2D eigenvalue weighted by molar-refractivity contribution is 5.76. The second-order valence-electron chi connectivity index (χ2n) is 4.54. The van der Waals surface area contributed by atoms with Crippen LogP contribution in [0.25, 0.3) is 11.0 Å². The minimum Gasteiger partial charge on any atom is -0.497 e. The Bertz CT molecular complexity index is 774. The summed E-state index contributed by atoms with van der Waals surface area (Å²) in [7, 11) is 1.63. The van der Waals surface area contributed by atoms with E-state index in [0.29, 0.717) is 12.5 Å². The Morgan fingerprint density at radius 3 is 2.52 bits per heavy atom. The van der Waals surface area contributed by atoms with E-state index < -0.39 is 0 Å². The molecule has 3 rings (SSSR count). The van der Waals surface area contributed by atoms with Gasteiger partial charge in [-0.15, -0.1) is 0 Å². The molecule has 0 fully saturated rings. The molecule has 1 aromatic heterocycles. The van der Waals surface area contributed by atoms with Gasteiger partial charge in [0.25, 0.3) is 5.88 Å². The smallest absolute Gasteiger partial charge is 0.258 e.